The SMILES string of the molecule is COc1ccc(N2CCN(S(=O)(=O)c3ccc(C(F)(F)F)cc3)CC2)cc1. The van der Waals surface area contributed by atoms with Crippen molar-refractivity contribution in [2.45, 2.75) is 11.1 Å². The Morgan fingerprint density at radius 2 is 1.44 bits per heavy atom. The molecule has 0 aliphatic carbocycles. The monoisotopic (exact) mass is 400 g/mol. The molecule has 0 saturated carbocycles. The summed E-state index contributed by atoms with van der Waals surface area (Å²) in [5.41, 5.74) is 0.0909. The van der Waals surface area contributed by atoms with Crippen molar-refractivity contribution in [2.75, 3.05) is 38.2 Å². The Labute approximate surface area is 156 Å². The van der Waals surface area contributed by atoms with Crippen molar-refractivity contribution >= 4 is 15.7 Å². The third kappa shape index (κ3) is 4.19. The minimum Gasteiger partial charge on any atom is -0.497 e. The lowest BCUT2D eigenvalue weighted by atomic mass is 10.2. The van der Waals surface area contributed by atoms with Crippen LogP contribution >= 0.6 is 0 Å². The summed E-state index contributed by atoms with van der Waals surface area (Å²) in [5.74, 6) is 0.738. The zero-order valence-electron chi connectivity index (χ0n) is 14.6. The van der Waals surface area contributed by atoms with Gasteiger partial charge >= 0.3 is 6.18 Å². The molecule has 0 amide bonds. The Hall–Kier alpha value is -2.26. The zero-order chi connectivity index (χ0) is 19.7. The summed E-state index contributed by atoms with van der Waals surface area (Å²) in [7, 11) is -2.24. The summed E-state index contributed by atoms with van der Waals surface area (Å²) in [6.45, 7) is 1.50. The first-order valence-corrected chi connectivity index (χ1v) is 9.72. The van der Waals surface area contributed by atoms with Gasteiger partial charge in [-0.25, -0.2) is 8.42 Å². The summed E-state index contributed by atoms with van der Waals surface area (Å²) in [6.07, 6.45) is -4.49. The zero-order valence-corrected chi connectivity index (χ0v) is 15.4. The molecule has 27 heavy (non-hydrogen) atoms. The number of hydrogen-bond acceptors (Lipinski definition) is 4. The van der Waals surface area contributed by atoms with Crippen molar-refractivity contribution in [2.24, 2.45) is 0 Å². The van der Waals surface area contributed by atoms with E-state index in [-0.39, 0.29) is 18.0 Å². The Morgan fingerprint density at radius 1 is 0.889 bits per heavy atom. The van der Waals surface area contributed by atoms with Crippen LogP contribution in [-0.2, 0) is 16.2 Å². The molecule has 146 valence electrons. The maximum absolute atomic E-state index is 12.7. The standard InChI is InChI=1S/C18H19F3N2O3S/c1-26-16-6-4-15(5-7-16)22-10-12-23(13-11-22)27(24,25)17-8-2-14(3-9-17)18(19,20)21/h2-9H,10-13H2,1H3. The molecule has 0 radical (unpaired) electrons. The van der Waals surface area contributed by atoms with Crippen LogP contribution in [0, 0.1) is 0 Å². The van der Waals surface area contributed by atoms with Crippen LogP contribution in [0.2, 0.25) is 0 Å². The number of nitrogens with zero attached hydrogens (tertiary/aromatic N) is 2. The second-order valence-electron chi connectivity index (χ2n) is 6.11. The molecule has 0 atom stereocenters. The maximum Gasteiger partial charge on any atom is 0.416 e. The molecule has 1 saturated heterocycles. The molecular formula is C18H19F3N2O3S. The molecule has 2 aromatic rings. The van der Waals surface area contributed by atoms with Gasteiger partial charge in [-0.1, -0.05) is 0 Å². The Balaban J connectivity index is 1.69. The molecule has 1 aliphatic rings. The molecule has 3 rings (SSSR count). The van der Waals surface area contributed by atoms with Crippen LogP contribution in [0.5, 0.6) is 5.75 Å². The van der Waals surface area contributed by atoms with E-state index in [1.165, 1.54) is 4.31 Å². The first kappa shape index (κ1) is 19.5. The van der Waals surface area contributed by atoms with Gasteiger partial charge in [0.2, 0.25) is 10.0 Å². The summed E-state index contributed by atoms with van der Waals surface area (Å²) < 4.78 is 69.7. The number of sulfonamides is 1. The minimum absolute atomic E-state index is 0.131. The van der Waals surface area contributed by atoms with Crippen LogP contribution < -0.4 is 9.64 Å². The van der Waals surface area contributed by atoms with E-state index in [1.807, 2.05) is 24.3 Å². The number of ether oxygens (including phenoxy) is 1. The second-order valence-corrected chi connectivity index (χ2v) is 8.05. The lowest BCUT2D eigenvalue weighted by molar-refractivity contribution is -0.137. The van der Waals surface area contributed by atoms with Gasteiger partial charge in [0.15, 0.2) is 0 Å². The normalized spacial score (nSPS) is 16.4. The molecule has 5 nitrogen and oxygen atoms in total. The highest BCUT2D eigenvalue weighted by Gasteiger charge is 2.32. The van der Waals surface area contributed by atoms with E-state index in [0.717, 1.165) is 35.7 Å². The van der Waals surface area contributed by atoms with Gasteiger partial charge in [0.05, 0.1) is 17.6 Å². The molecule has 0 bridgehead atoms. The Kier molecular flexibility index (Phi) is 5.34. The number of benzene rings is 2. The highest BCUT2D eigenvalue weighted by Crippen LogP contribution is 2.30. The topological polar surface area (TPSA) is 49.9 Å². The molecule has 0 unspecified atom stereocenters. The summed E-state index contributed by atoms with van der Waals surface area (Å²) in [6, 6.07) is 11.1. The van der Waals surface area contributed by atoms with E-state index in [4.69, 9.17) is 4.74 Å². The van der Waals surface area contributed by atoms with Gasteiger partial charge < -0.3 is 9.64 Å². The molecule has 1 aliphatic heterocycles. The van der Waals surface area contributed by atoms with Gasteiger partial charge in [-0.15, -0.1) is 0 Å². The van der Waals surface area contributed by atoms with Crippen molar-refractivity contribution in [3.8, 4) is 5.75 Å². The number of piperazine rings is 1. The second kappa shape index (κ2) is 7.40. The molecular weight excluding hydrogens is 381 g/mol. The number of methoxy groups -OCH3 is 1. The van der Waals surface area contributed by atoms with E-state index < -0.39 is 21.8 Å². The molecule has 0 aromatic heterocycles. The fraction of sp³-hybridized carbons (Fsp3) is 0.333. The average Bonchev–Trinajstić information content (AvgIpc) is 2.67. The van der Waals surface area contributed by atoms with Gasteiger partial charge in [-0.2, -0.15) is 17.5 Å². The minimum atomic E-state index is -4.49. The van der Waals surface area contributed by atoms with Crippen LogP contribution in [0.4, 0.5) is 18.9 Å². The van der Waals surface area contributed by atoms with Crippen LogP contribution in [0.1, 0.15) is 5.56 Å². The van der Waals surface area contributed by atoms with Crippen molar-refractivity contribution in [3.05, 3.63) is 54.1 Å². The van der Waals surface area contributed by atoms with Gasteiger partial charge in [-0.05, 0) is 48.5 Å². The van der Waals surface area contributed by atoms with E-state index in [0.29, 0.717) is 13.1 Å². The lowest BCUT2D eigenvalue weighted by Gasteiger charge is -2.35. The van der Waals surface area contributed by atoms with E-state index >= 15 is 0 Å². The summed E-state index contributed by atoms with van der Waals surface area (Å²) in [5, 5.41) is 0. The molecule has 1 fully saturated rings. The Bertz CT molecular complexity index is 874. The van der Waals surface area contributed by atoms with Crippen LogP contribution in [0.3, 0.4) is 0 Å². The van der Waals surface area contributed by atoms with Crippen molar-refractivity contribution in [3.63, 3.8) is 0 Å². The summed E-state index contributed by atoms with van der Waals surface area (Å²) in [4.78, 5) is 1.92. The van der Waals surface area contributed by atoms with Crippen LogP contribution in [0.15, 0.2) is 53.4 Å². The maximum atomic E-state index is 12.7. The quantitative estimate of drug-likeness (QED) is 0.791. The first-order chi connectivity index (χ1) is 12.7. The van der Waals surface area contributed by atoms with E-state index in [9.17, 15) is 21.6 Å². The number of hydrogen-bond donors (Lipinski definition) is 0. The molecule has 0 spiro atoms. The predicted octanol–water partition coefficient (Wildman–Crippen LogP) is 3.22. The molecule has 0 N–H and O–H groups in total. The predicted molar refractivity (Wildman–Crippen MR) is 95.4 cm³/mol. The fourth-order valence-electron chi connectivity index (χ4n) is 2.94. The van der Waals surface area contributed by atoms with Gasteiger partial charge in [0, 0.05) is 31.9 Å². The highest BCUT2D eigenvalue weighted by atomic mass is 32.2. The van der Waals surface area contributed by atoms with Gasteiger partial charge in [0.25, 0.3) is 0 Å². The van der Waals surface area contributed by atoms with E-state index in [2.05, 4.69) is 4.90 Å². The van der Waals surface area contributed by atoms with Crippen molar-refractivity contribution < 1.29 is 26.3 Å². The number of anilines is 1. The largest absolute Gasteiger partial charge is 0.497 e. The van der Waals surface area contributed by atoms with Crippen molar-refractivity contribution in [1.29, 1.82) is 0 Å². The van der Waals surface area contributed by atoms with Gasteiger partial charge in [0.1, 0.15) is 5.75 Å². The van der Waals surface area contributed by atoms with Crippen LogP contribution in [0.25, 0.3) is 0 Å². The van der Waals surface area contributed by atoms with Crippen molar-refractivity contribution in [1.82, 2.24) is 4.31 Å². The molecule has 1 heterocycles. The summed E-state index contributed by atoms with van der Waals surface area (Å²) >= 11 is 0. The number of halogens is 3. The fourth-order valence-corrected chi connectivity index (χ4v) is 4.37. The van der Waals surface area contributed by atoms with Crippen LogP contribution in [-0.4, -0.2) is 46.0 Å². The highest BCUT2D eigenvalue weighted by molar-refractivity contribution is 7.89. The molecule has 2 aromatic carbocycles. The lowest BCUT2D eigenvalue weighted by Crippen LogP contribution is -2.48. The number of alkyl halides is 3. The van der Waals surface area contributed by atoms with E-state index in [1.54, 1.807) is 7.11 Å². The number of rotatable bonds is 4. The van der Waals surface area contributed by atoms with Gasteiger partial charge in [-0.3, -0.25) is 0 Å². The average molecular weight is 400 g/mol. The third-order valence-electron chi connectivity index (χ3n) is 4.50. The third-order valence-corrected chi connectivity index (χ3v) is 6.41. The Morgan fingerprint density at radius 3 is 1.93 bits per heavy atom. The molecule has 9 heteroatoms. The smallest absolute Gasteiger partial charge is 0.416 e. The first-order valence-electron chi connectivity index (χ1n) is 8.28.